The number of rotatable bonds is 6. The zero-order chi connectivity index (χ0) is 20.1. The quantitative estimate of drug-likeness (QED) is 0.572. The number of para-hydroxylation sites is 1. The van der Waals surface area contributed by atoms with Gasteiger partial charge in [0, 0.05) is 16.1 Å². The zero-order valence-electron chi connectivity index (χ0n) is 15.5. The molecule has 2 N–H and O–H groups in total. The van der Waals surface area contributed by atoms with Crippen molar-refractivity contribution in [1.29, 1.82) is 0 Å². The molecule has 3 aromatic carbocycles. The van der Waals surface area contributed by atoms with Gasteiger partial charge in [-0.2, -0.15) is 0 Å². The summed E-state index contributed by atoms with van der Waals surface area (Å²) in [4.78, 5) is 13.6. The predicted octanol–water partition coefficient (Wildman–Crippen LogP) is 4.77. The molecule has 0 radical (unpaired) electrons. The molecule has 1 amide bonds. The second-order valence-electron chi connectivity index (χ2n) is 6.15. The Morgan fingerprint density at radius 3 is 2.18 bits per heavy atom. The second kappa shape index (κ2) is 8.50. The molecule has 0 saturated carbocycles. The van der Waals surface area contributed by atoms with Crippen molar-refractivity contribution in [3.63, 3.8) is 0 Å². The molecule has 0 atom stereocenters. The average Bonchev–Trinajstić information content (AvgIpc) is 2.69. The van der Waals surface area contributed by atoms with E-state index in [2.05, 4.69) is 10.0 Å². The maximum absolute atomic E-state index is 12.5. The van der Waals surface area contributed by atoms with Gasteiger partial charge in [0.25, 0.3) is 15.9 Å². The van der Waals surface area contributed by atoms with Gasteiger partial charge in [-0.25, -0.2) is 8.42 Å². The molecular formula is C21H20N2O3S2. The number of amides is 1. The minimum Gasteiger partial charge on any atom is -0.321 e. The van der Waals surface area contributed by atoms with Crippen LogP contribution in [0.4, 0.5) is 11.4 Å². The van der Waals surface area contributed by atoms with Crippen molar-refractivity contribution in [1.82, 2.24) is 0 Å². The summed E-state index contributed by atoms with van der Waals surface area (Å²) in [5.74, 6) is -0.255. The lowest BCUT2D eigenvalue weighted by Gasteiger charge is -2.11. The van der Waals surface area contributed by atoms with Gasteiger partial charge in [0.2, 0.25) is 0 Å². The Labute approximate surface area is 169 Å². The molecule has 0 bridgehead atoms. The Bertz CT molecular complexity index is 1080. The Morgan fingerprint density at radius 1 is 0.893 bits per heavy atom. The van der Waals surface area contributed by atoms with Gasteiger partial charge in [0.05, 0.1) is 10.6 Å². The molecule has 0 heterocycles. The van der Waals surface area contributed by atoms with E-state index in [9.17, 15) is 13.2 Å². The lowest BCUT2D eigenvalue weighted by Crippen LogP contribution is -2.14. The van der Waals surface area contributed by atoms with Crippen LogP contribution >= 0.6 is 11.8 Å². The number of hydrogen-bond acceptors (Lipinski definition) is 4. The van der Waals surface area contributed by atoms with Crippen LogP contribution in [0.3, 0.4) is 0 Å². The largest absolute Gasteiger partial charge is 0.321 e. The van der Waals surface area contributed by atoms with E-state index in [1.165, 1.54) is 0 Å². The van der Waals surface area contributed by atoms with Crippen LogP contribution in [0.2, 0.25) is 0 Å². The highest BCUT2D eigenvalue weighted by Crippen LogP contribution is 2.25. The van der Waals surface area contributed by atoms with Crippen LogP contribution in [-0.2, 0) is 10.0 Å². The molecule has 0 fully saturated rings. The first kappa shape index (κ1) is 20.0. The normalized spacial score (nSPS) is 11.1. The molecule has 5 nitrogen and oxygen atoms in total. The Kier molecular flexibility index (Phi) is 6.06. The molecule has 0 aliphatic rings. The highest BCUT2D eigenvalue weighted by atomic mass is 32.2. The molecule has 0 spiro atoms. The minimum atomic E-state index is -3.67. The van der Waals surface area contributed by atoms with Crippen LogP contribution in [0, 0.1) is 6.92 Å². The number of anilines is 2. The van der Waals surface area contributed by atoms with Crippen LogP contribution in [0.1, 0.15) is 15.9 Å². The number of nitrogens with one attached hydrogen (secondary N) is 2. The zero-order valence-corrected chi connectivity index (χ0v) is 17.1. The fraction of sp³-hybridized carbons (Fsp3) is 0.0952. The van der Waals surface area contributed by atoms with Crippen molar-refractivity contribution in [2.45, 2.75) is 16.7 Å². The molecule has 28 heavy (non-hydrogen) atoms. The third kappa shape index (κ3) is 4.74. The van der Waals surface area contributed by atoms with Crippen molar-refractivity contribution in [2.24, 2.45) is 0 Å². The van der Waals surface area contributed by atoms with Gasteiger partial charge in [-0.15, -0.1) is 11.8 Å². The van der Waals surface area contributed by atoms with Crippen LogP contribution < -0.4 is 10.0 Å². The summed E-state index contributed by atoms with van der Waals surface area (Å²) in [6.07, 6.45) is 1.94. The van der Waals surface area contributed by atoms with E-state index >= 15 is 0 Å². The van der Waals surface area contributed by atoms with Crippen molar-refractivity contribution in [3.8, 4) is 0 Å². The van der Waals surface area contributed by atoms with E-state index in [0.717, 1.165) is 16.1 Å². The summed E-state index contributed by atoms with van der Waals surface area (Å²) in [7, 11) is -3.67. The van der Waals surface area contributed by atoms with Crippen molar-refractivity contribution >= 4 is 39.1 Å². The van der Waals surface area contributed by atoms with Gasteiger partial charge in [-0.05, 0) is 61.7 Å². The van der Waals surface area contributed by atoms with E-state index in [-0.39, 0.29) is 10.8 Å². The summed E-state index contributed by atoms with van der Waals surface area (Å²) in [6.45, 7) is 1.89. The molecule has 0 unspecified atom stereocenters. The lowest BCUT2D eigenvalue weighted by molar-refractivity contribution is 0.102. The number of carbonyl (C=O) groups excluding carboxylic acids is 1. The van der Waals surface area contributed by atoms with Crippen LogP contribution in [0.15, 0.2) is 82.6 Å². The fourth-order valence-corrected chi connectivity index (χ4v) is 4.18. The SMILES string of the molecule is CSc1ccccc1NC(=O)c1ccc(NS(=O)(=O)c2ccc(C)cc2)cc1. The molecule has 0 saturated heterocycles. The maximum Gasteiger partial charge on any atom is 0.261 e. The van der Waals surface area contributed by atoms with Crippen molar-refractivity contribution in [2.75, 3.05) is 16.3 Å². The molecule has 0 aliphatic heterocycles. The summed E-state index contributed by atoms with van der Waals surface area (Å²) in [6, 6.07) is 20.5. The van der Waals surface area contributed by atoms with Gasteiger partial charge in [0.15, 0.2) is 0 Å². The number of thioether (sulfide) groups is 1. The summed E-state index contributed by atoms with van der Waals surface area (Å²) in [5.41, 5.74) is 2.55. The number of aryl methyl sites for hydroxylation is 1. The first-order chi connectivity index (χ1) is 13.4. The fourth-order valence-electron chi connectivity index (χ4n) is 2.56. The number of carbonyl (C=O) groups is 1. The second-order valence-corrected chi connectivity index (χ2v) is 8.68. The summed E-state index contributed by atoms with van der Waals surface area (Å²) >= 11 is 1.55. The number of sulfonamides is 1. The molecule has 3 rings (SSSR count). The van der Waals surface area contributed by atoms with E-state index in [1.807, 2.05) is 37.4 Å². The first-order valence-corrected chi connectivity index (χ1v) is 11.2. The third-order valence-electron chi connectivity index (χ3n) is 4.09. The van der Waals surface area contributed by atoms with Gasteiger partial charge in [-0.3, -0.25) is 9.52 Å². The highest BCUT2D eigenvalue weighted by Gasteiger charge is 2.14. The molecular weight excluding hydrogens is 392 g/mol. The van der Waals surface area contributed by atoms with E-state index in [1.54, 1.807) is 60.3 Å². The van der Waals surface area contributed by atoms with Crippen molar-refractivity contribution < 1.29 is 13.2 Å². The molecule has 7 heteroatoms. The standard InChI is InChI=1S/C21H20N2O3S2/c1-15-7-13-18(14-8-15)28(25,26)23-17-11-9-16(10-12-17)21(24)22-19-5-3-4-6-20(19)27-2/h3-14,23H,1-2H3,(H,22,24). The Balaban J connectivity index is 1.72. The Hall–Kier alpha value is -2.77. The molecule has 144 valence electrons. The van der Waals surface area contributed by atoms with Crippen LogP contribution in [-0.4, -0.2) is 20.6 Å². The average molecular weight is 413 g/mol. The van der Waals surface area contributed by atoms with E-state index in [4.69, 9.17) is 0 Å². The first-order valence-electron chi connectivity index (χ1n) is 8.53. The predicted molar refractivity (Wildman–Crippen MR) is 115 cm³/mol. The molecule has 3 aromatic rings. The number of hydrogen-bond donors (Lipinski definition) is 2. The van der Waals surface area contributed by atoms with Gasteiger partial charge < -0.3 is 5.32 Å². The van der Waals surface area contributed by atoms with Gasteiger partial charge in [-0.1, -0.05) is 29.8 Å². The monoisotopic (exact) mass is 412 g/mol. The minimum absolute atomic E-state index is 0.189. The summed E-state index contributed by atoms with van der Waals surface area (Å²) < 4.78 is 27.4. The smallest absolute Gasteiger partial charge is 0.261 e. The number of benzene rings is 3. The Morgan fingerprint density at radius 2 is 1.54 bits per heavy atom. The topological polar surface area (TPSA) is 75.3 Å². The summed E-state index contributed by atoms with van der Waals surface area (Å²) in [5, 5.41) is 2.88. The highest BCUT2D eigenvalue weighted by molar-refractivity contribution is 7.98. The van der Waals surface area contributed by atoms with Gasteiger partial charge >= 0.3 is 0 Å². The van der Waals surface area contributed by atoms with Crippen LogP contribution in [0.5, 0.6) is 0 Å². The van der Waals surface area contributed by atoms with E-state index < -0.39 is 10.0 Å². The lowest BCUT2D eigenvalue weighted by atomic mass is 10.2. The van der Waals surface area contributed by atoms with Crippen molar-refractivity contribution in [3.05, 3.63) is 83.9 Å². The molecule has 0 aliphatic carbocycles. The van der Waals surface area contributed by atoms with Crippen LogP contribution in [0.25, 0.3) is 0 Å². The van der Waals surface area contributed by atoms with Gasteiger partial charge in [0.1, 0.15) is 0 Å². The third-order valence-corrected chi connectivity index (χ3v) is 6.28. The molecule has 0 aromatic heterocycles. The maximum atomic E-state index is 12.5. The van der Waals surface area contributed by atoms with E-state index in [0.29, 0.717) is 11.3 Å².